The number of benzene rings is 2. The highest BCUT2D eigenvalue weighted by Crippen LogP contribution is 2.34. The fourth-order valence-electron chi connectivity index (χ4n) is 3.99. The first-order valence-electron chi connectivity index (χ1n) is 12.0. The molecule has 0 unspecified atom stereocenters. The van der Waals surface area contributed by atoms with E-state index in [1.165, 1.54) is 0 Å². The van der Waals surface area contributed by atoms with E-state index in [9.17, 15) is 14.4 Å². The number of fused-ring (bicyclic) bond motifs is 2. The van der Waals surface area contributed by atoms with Gasteiger partial charge >= 0.3 is 0 Å². The maximum absolute atomic E-state index is 13.1. The molecule has 1 aliphatic carbocycles. The highest BCUT2D eigenvalue weighted by Gasteiger charge is 2.28. The topological polar surface area (TPSA) is 134 Å². The standard InChI is InChI=1S/C26H36N6O4.2ClH/c1-15-9-10-17(25(34)28-11-7-13-31(3)4)20-23(15)36-24-16(2)22(33)19(27)18(21(24)30-20)26(35)29-12-8-14-32(5)6;;/h9-10H,7-8,11-14,27H2,1-6H3,(H,28,34)(H,29,35);2*1H. The van der Waals surface area contributed by atoms with Crippen molar-refractivity contribution in [3.05, 3.63) is 44.6 Å². The fraction of sp³-hybridized carbons (Fsp3) is 0.462. The number of nitrogens with two attached hydrogens (primary N) is 1. The minimum absolute atomic E-state index is 0. The van der Waals surface area contributed by atoms with Gasteiger partial charge in [-0.2, -0.15) is 0 Å². The van der Waals surface area contributed by atoms with Crippen molar-refractivity contribution in [2.45, 2.75) is 26.7 Å². The molecular formula is C26H38Cl2N6O4. The van der Waals surface area contributed by atoms with Crippen LogP contribution in [0.15, 0.2) is 21.3 Å². The van der Waals surface area contributed by atoms with Crippen molar-refractivity contribution in [2.75, 3.05) is 60.1 Å². The maximum atomic E-state index is 13.1. The number of hydrogen-bond acceptors (Lipinski definition) is 8. The largest absolute Gasteiger partial charge is 0.452 e. The monoisotopic (exact) mass is 568 g/mol. The third-order valence-electron chi connectivity index (χ3n) is 6.01. The summed E-state index contributed by atoms with van der Waals surface area (Å²) in [6, 6.07) is 3.46. The molecule has 38 heavy (non-hydrogen) atoms. The summed E-state index contributed by atoms with van der Waals surface area (Å²) in [6.07, 6.45) is 1.52. The van der Waals surface area contributed by atoms with E-state index in [1.54, 1.807) is 19.1 Å². The number of nitrogens with zero attached hydrogens (tertiary/aromatic N) is 3. The quantitative estimate of drug-likeness (QED) is 0.193. The Morgan fingerprint density at radius 1 is 0.947 bits per heavy atom. The number of nitrogen functional groups attached to an aromatic ring is 1. The molecule has 4 N–H and O–H groups in total. The highest BCUT2D eigenvalue weighted by molar-refractivity contribution is 6.08. The maximum Gasteiger partial charge on any atom is 0.255 e. The number of hydrogen-bond donors (Lipinski definition) is 3. The van der Waals surface area contributed by atoms with Gasteiger partial charge < -0.3 is 30.6 Å². The van der Waals surface area contributed by atoms with Gasteiger partial charge in [-0.1, -0.05) is 6.07 Å². The first-order chi connectivity index (χ1) is 17.0. The van der Waals surface area contributed by atoms with Gasteiger partial charge in [0, 0.05) is 18.7 Å². The molecule has 0 fully saturated rings. The molecule has 10 nitrogen and oxygen atoms in total. The lowest BCUT2D eigenvalue weighted by atomic mass is 9.99. The van der Waals surface area contributed by atoms with Gasteiger partial charge in [0.1, 0.15) is 11.2 Å². The molecule has 210 valence electrons. The Hall–Kier alpha value is -2.92. The zero-order valence-electron chi connectivity index (χ0n) is 22.8. The van der Waals surface area contributed by atoms with E-state index >= 15 is 0 Å². The molecule has 3 rings (SSSR count). The summed E-state index contributed by atoms with van der Waals surface area (Å²) in [5.74, 6) is -0.606. The summed E-state index contributed by atoms with van der Waals surface area (Å²) < 4.78 is 6.15. The molecule has 2 amide bonds. The van der Waals surface area contributed by atoms with Crippen LogP contribution in [0.25, 0.3) is 22.6 Å². The molecule has 1 heterocycles. The molecule has 0 radical (unpaired) electrons. The van der Waals surface area contributed by atoms with Gasteiger partial charge in [0.2, 0.25) is 5.43 Å². The number of rotatable bonds is 10. The lowest BCUT2D eigenvalue weighted by molar-refractivity contribution is 0.0946. The number of nitrogens with one attached hydrogen (secondary N) is 2. The van der Waals surface area contributed by atoms with E-state index in [0.29, 0.717) is 29.8 Å². The number of carbonyl (C=O) groups is 2. The second-order valence-corrected chi connectivity index (χ2v) is 9.57. The molecule has 1 aliphatic heterocycles. The molecule has 0 bridgehead atoms. The molecule has 0 atom stereocenters. The Labute approximate surface area is 235 Å². The third-order valence-corrected chi connectivity index (χ3v) is 6.01. The minimum Gasteiger partial charge on any atom is -0.452 e. The molecule has 2 aliphatic rings. The van der Waals surface area contributed by atoms with Crippen LogP contribution < -0.4 is 21.8 Å². The van der Waals surface area contributed by atoms with Crippen molar-refractivity contribution in [1.29, 1.82) is 0 Å². The first kappa shape index (κ1) is 33.1. The van der Waals surface area contributed by atoms with Crippen molar-refractivity contribution < 1.29 is 14.0 Å². The van der Waals surface area contributed by atoms with E-state index < -0.39 is 11.3 Å². The zero-order valence-corrected chi connectivity index (χ0v) is 24.4. The summed E-state index contributed by atoms with van der Waals surface area (Å²) in [5, 5.41) is 5.75. The third kappa shape index (κ3) is 7.35. The molecule has 0 saturated carbocycles. The summed E-state index contributed by atoms with van der Waals surface area (Å²) in [5.41, 5.74) is 7.64. The molecule has 0 saturated heterocycles. The Balaban J connectivity index is 0.00000361. The average molecular weight is 570 g/mol. The van der Waals surface area contributed by atoms with E-state index in [1.807, 2.05) is 44.9 Å². The van der Waals surface area contributed by atoms with Gasteiger partial charge in [0.15, 0.2) is 11.3 Å². The van der Waals surface area contributed by atoms with Crippen LogP contribution in [-0.4, -0.2) is 81.0 Å². The predicted octanol–water partition coefficient (Wildman–Crippen LogP) is 2.70. The van der Waals surface area contributed by atoms with Crippen molar-refractivity contribution in [1.82, 2.24) is 25.4 Å². The van der Waals surface area contributed by atoms with Crippen LogP contribution in [0.2, 0.25) is 0 Å². The van der Waals surface area contributed by atoms with E-state index in [2.05, 4.69) is 10.6 Å². The van der Waals surface area contributed by atoms with Crippen molar-refractivity contribution >= 4 is 53.4 Å². The van der Waals surface area contributed by atoms with E-state index in [4.69, 9.17) is 15.1 Å². The number of carbonyl (C=O) groups excluding carboxylic acids is 2. The predicted molar refractivity (Wildman–Crippen MR) is 156 cm³/mol. The van der Waals surface area contributed by atoms with Crippen molar-refractivity contribution in [3.8, 4) is 11.5 Å². The molecule has 1 aromatic rings. The first-order valence-corrected chi connectivity index (χ1v) is 12.0. The fourth-order valence-corrected chi connectivity index (χ4v) is 3.99. The lowest BCUT2D eigenvalue weighted by Crippen LogP contribution is -2.31. The van der Waals surface area contributed by atoms with Gasteiger partial charge in [-0.15, -0.1) is 24.8 Å². The number of amides is 2. The number of anilines is 1. The highest BCUT2D eigenvalue weighted by atomic mass is 35.5. The number of halogens is 2. The molecule has 1 aromatic carbocycles. The summed E-state index contributed by atoms with van der Waals surface area (Å²) in [7, 11) is 7.85. The van der Waals surface area contributed by atoms with Gasteiger partial charge in [0.05, 0.1) is 16.8 Å². The Morgan fingerprint density at radius 3 is 2.05 bits per heavy atom. The van der Waals surface area contributed by atoms with Gasteiger partial charge in [-0.3, -0.25) is 14.4 Å². The molecular weight excluding hydrogens is 531 g/mol. The van der Waals surface area contributed by atoms with Crippen LogP contribution in [0.3, 0.4) is 0 Å². The summed E-state index contributed by atoms with van der Waals surface area (Å²) >= 11 is 0. The summed E-state index contributed by atoms with van der Waals surface area (Å²) in [4.78, 5) is 47.8. The van der Waals surface area contributed by atoms with Gasteiger partial charge in [-0.05, 0) is 79.6 Å². The lowest BCUT2D eigenvalue weighted by Gasteiger charge is -2.17. The van der Waals surface area contributed by atoms with Gasteiger partial charge in [-0.25, -0.2) is 4.98 Å². The number of aryl methyl sites for hydroxylation is 1. The smallest absolute Gasteiger partial charge is 0.255 e. The molecule has 0 aromatic heterocycles. The van der Waals surface area contributed by atoms with E-state index in [-0.39, 0.29) is 59.0 Å². The van der Waals surface area contributed by atoms with Crippen LogP contribution in [-0.2, 0) is 0 Å². The second-order valence-electron chi connectivity index (χ2n) is 9.57. The molecule has 12 heteroatoms. The van der Waals surface area contributed by atoms with Gasteiger partial charge in [0.25, 0.3) is 11.8 Å². The van der Waals surface area contributed by atoms with Crippen LogP contribution in [0, 0.1) is 13.8 Å². The molecule has 0 spiro atoms. The zero-order chi connectivity index (χ0) is 26.6. The Bertz CT molecular complexity index is 1310. The Morgan fingerprint density at radius 2 is 1.50 bits per heavy atom. The van der Waals surface area contributed by atoms with Crippen molar-refractivity contribution in [3.63, 3.8) is 0 Å². The Kier molecular flexibility index (Phi) is 12.5. The SMILES string of the molecule is Cc1c2oc3c(C)ccc(C(=O)NCCCN(C)C)c3nc-2c(C(=O)NCCCN(C)C)c(N)c1=O.Cl.Cl. The summed E-state index contributed by atoms with van der Waals surface area (Å²) in [6.45, 7) is 5.97. The number of aromatic nitrogens is 1. The normalized spacial score (nSPS) is 10.9. The van der Waals surface area contributed by atoms with Crippen LogP contribution in [0.5, 0.6) is 0 Å². The van der Waals surface area contributed by atoms with Crippen LogP contribution >= 0.6 is 24.8 Å². The second kappa shape index (κ2) is 14.3. The van der Waals surface area contributed by atoms with Crippen molar-refractivity contribution in [2.24, 2.45) is 0 Å². The average Bonchev–Trinajstić information content (AvgIpc) is 2.82. The van der Waals surface area contributed by atoms with Crippen LogP contribution in [0.4, 0.5) is 5.69 Å². The van der Waals surface area contributed by atoms with Crippen LogP contribution in [0.1, 0.15) is 44.7 Å². The van der Waals surface area contributed by atoms with E-state index in [0.717, 1.165) is 31.5 Å². The minimum atomic E-state index is -0.502.